The van der Waals surface area contributed by atoms with Crippen LogP contribution in [0.15, 0.2) is 0 Å². The van der Waals surface area contributed by atoms with Gasteiger partial charge in [-0.1, -0.05) is 13.3 Å². The highest BCUT2D eigenvalue weighted by molar-refractivity contribution is 5.83. The number of nitrogens with zero attached hydrogens (tertiary/aromatic N) is 1. The molecule has 1 N–H and O–H groups in total. The number of nitrogens with one attached hydrogen (secondary N) is 1. The van der Waals surface area contributed by atoms with E-state index in [0.717, 1.165) is 32.4 Å². The summed E-state index contributed by atoms with van der Waals surface area (Å²) < 4.78 is 5.51. The minimum Gasteiger partial charge on any atom is -0.377 e. The molecule has 0 aliphatic carbocycles. The fourth-order valence-corrected chi connectivity index (χ4v) is 2.66. The molecule has 4 nitrogen and oxygen atoms in total. The maximum absolute atomic E-state index is 12.6. The summed E-state index contributed by atoms with van der Waals surface area (Å²) in [6, 6.07) is 0. The Morgan fingerprint density at radius 3 is 2.72 bits per heavy atom. The van der Waals surface area contributed by atoms with Crippen LogP contribution in [0.1, 0.15) is 40.0 Å². The van der Waals surface area contributed by atoms with Gasteiger partial charge in [-0.2, -0.15) is 0 Å². The number of hydrogen-bond donors (Lipinski definition) is 1. The van der Waals surface area contributed by atoms with Gasteiger partial charge in [0.05, 0.1) is 18.1 Å². The second-order valence-corrected chi connectivity index (χ2v) is 5.60. The van der Waals surface area contributed by atoms with E-state index in [-0.39, 0.29) is 17.4 Å². The smallest absolute Gasteiger partial charge is 0.229 e. The summed E-state index contributed by atoms with van der Waals surface area (Å²) in [5.74, 6) is 0.279. The van der Waals surface area contributed by atoms with Crippen LogP contribution in [-0.4, -0.2) is 50.2 Å². The van der Waals surface area contributed by atoms with Gasteiger partial charge in [0.2, 0.25) is 5.91 Å². The Morgan fingerprint density at radius 1 is 1.50 bits per heavy atom. The molecule has 0 aromatic rings. The molecule has 0 aromatic carbocycles. The quantitative estimate of drug-likeness (QED) is 0.753. The summed E-state index contributed by atoms with van der Waals surface area (Å²) in [5.41, 5.74) is -0.165. The van der Waals surface area contributed by atoms with E-state index in [4.69, 9.17) is 4.74 Å². The van der Waals surface area contributed by atoms with E-state index in [0.29, 0.717) is 13.2 Å². The molecular formula is C14H28N2O2. The third kappa shape index (κ3) is 3.95. The third-order valence-corrected chi connectivity index (χ3v) is 3.65. The van der Waals surface area contributed by atoms with Crippen LogP contribution < -0.4 is 5.32 Å². The highest BCUT2D eigenvalue weighted by Gasteiger charge is 2.41. The molecule has 18 heavy (non-hydrogen) atoms. The monoisotopic (exact) mass is 256 g/mol. The SMILES string of the molecule is CCCC1(C(=O)N(C)CCOC(C)C)CCNC1. The molecule has 1 atom stereocenters. The molecule has 0 aromatic heterocycles. The van der Waals surface area contributed by atoms with E-state index >= 15 is 0 Å². The van der Waals surface area contributed by atoms with Gasteiger partial charge in [0, 0.05) is 20.1 Å². The van der Waals surface area contributed by atoms with Gasteiger partial charge in [-0.3, -0.25) is 4.79 Å². The van der Waals surface area contributed by atoms with E-state index in [1.165, 1.54) is 0 Å². The van der Waals surface area contributed by atoms with Crippen molar-refractivity contribution in [1.82, 2.24) is 10.2 Å². The number of hydrogen-bond acceptors (Lipinski definition) is 3. The molecule has 1 fully saturated rings. The first-order valence-corrected chi connectivity index (χ1v) is 7.10. The predicted octanol–water partition coefficient (Wildman–Crippen LogP) is 1.65. The highest BCUT2D eigenvalue weighted by Crippen LogP contribution is 2.32. The topological polar surface area (TPSA) is 41.6 Å². The van der Waals surface area contributed by atoms with Crippen LogP contribution in [0.5, 0.6) is 0 Å². The van der Waals surface area contributed by atoms with Crippen LogP contribution >= 0.6 is 0 Å². The molecule has 106 valence electrons. The van der Waals surface area contributed by atoms with Crippen molar-refractivity contribution in [3.05, 3.63) is 0 Å². The van der Waals surface area contributed by atoms with Gasteiger partial charge in [-0.05, 0) is 33.2 Å². The van der Waals surface area contributed by atoms with Crippen LogP contribution in [0, 0.1) is 5.41 Å². The Labute approximate surface area is 111 Å². The zero-order valence-corrected chi connectivity index (χ0v) is 12.3. The standard InChI is InChI=1S/C14H28N2O2/c1-5-6-14(7-8-15-11-14)13(17)16(4)9-10-18-12(2)3/h12,15H,5-11H2,1-4H3. The number of amides is 1. The van der Waals surface area contributed by atoms with Gasteiger partial charge in [-0.15, -0.1) is 0 Å². The Morgan fingerprint density at radius 2 is 2.22 bits per heavy atom. The van der Waals surface area contributed by atoms with E-state index in [9.17, 15) is 4.79 Å². The fourth-order valence-electron chi connectivity index (χ4n) is 2.66. The van der Waals surface area contributed by atoms with Crippen molar-refractivity contribution in [2.75, 3.05) is 33.3 Å². The van der Waals surface area contributed by atoms with Crippen molar-refractivity contribution in [2.45, 2.75) is 46.1 Å². The molecule has 0 spiro atoms. The molecular weight excluding hydrogens is 228 g/mol. The summed E-state index contributed by atoms with van der Waals surface area (Å²) in [5, 5.41) is 3.33. The van der Waals surface area contributed by atoms with Gasteiger partial charge < -0.3 is 15.0 Å². The van der Waals surface area contributed by atoms with Gasteiger partial charge >= 0.3 is 0 Å². The lowest BCUT2D eigenvalue weighted by Crippen LogP contribution is -2.44. The zero-order chi connectivity index (χ0) is 13.6. The van der Waals surface area contributed by atoms with Crippen molar-refractivity contribution in [1.29, 1.82) is 0 Å². The molecule has 1 aliphatic heterocycles. The number of carbonyl (C=O) groups is 1. The average Bonchev–Trinajstić information content (AvgIpc) is 2.77. The first-order valence-electron chi connectivity index (χ1n) is 7.10. The Kier molecular flexibility index (Phi) is 6.09. The van der Waals surface area contributed by atoms with E-state index in [1.807, 2.05) is 25.8 Å². The molecule has 0 bridgehead atoms. The van der Waals surface area contributed by atoms with Gasteiger partial charge in [0.25, 0.3) is 0 Å². The van der Waals surface area contributed by atoms with E-state index < -0.39 is 0 Å². The van der Waals surface area contributed by atoms with Crippen molar-refractivity contribution >= 4 is 5.91 Å². The third-order valence-electron chi connectivity index (χ3n) is 3.65. The first kappa shape index (κ1) is 15.4. The summed E-state index contributed by atoms with van der Waals surface area (Å²) >= 11 is 0. The maximum Gasteiger partial charge on any atom is 0.229 e. The number of carbonyl (C=O) groups excluding carboxylic acids is 1. The molecule has 1 heterocycles. The van der Waals surface area contributed by atoms with Gasteiger partial charge in [0.15, 0.2) is 0 Å². The molecule has 1 aliphatic rings. The lowest BCUT2D eigenvalue weighted by atomic mass is 9.81. The number of rotatable bonds is 7. The number of ether oxygens (including phenoxy) is 1. The van der Waals surface area contributed by atoms with Crippen LogP contribution in [0.2, 0.25) is 0 Å². The second kappa shape index (κ2) is 7.10. The Hall–Kier alpha value is -0.610. The van der Waals surface area contributed by atoms with Crippen molar-refractivity contribution in [3.8, 4) is 0 Å². The van der Waals surface area contributed by atoms with Crippen molar-refractivity contribution in [2.24, 2.45) is 5.41 Å². The van der Waals surface area contributed by atoms with Gasteiger partial charge in [-0.25, -0.2) is 0 Å². The molecule has 1 unspecified atom stereocenters. The Bertz CT molecular complexity index is 261. The minimum absolute atomic E-state index is 0.165. The molecule has 0 saturated carbocycles. The maximum atomic E-state index is 12.6. The van der Waals surface area contributed by atoms with Crippen molar-refractivity contribution in [3.63, 3.8) is 0 Å². The van der Waals surface area contributed by atoms with Crippen LogP contribution in [-0.2, 0) is 9.53 Å². The molecule has 4 heteroatoms. The minimum atomic E-state index is -0.165. The van der Waals surface area contributed by atoms with Crippen LogP contribution in [0.25, 0.3) is 0 Å². The summed E-state index contributed by atoms with van der Waals surface area (Å²) in [6.07, 6.45) is 3.23. The van der Waals surface area contributed by atoms with E-state index in [1.54, 1.807) is 0 Å². The van der Waals surface area contributed by atoms with Gasteiger partial charge in [0.1, 0.15) is 0 Å². The summed E-state index contributed by atoms with van der Waals surface area (Å²) in [7, 11) is 1.89. The highest BCUT2D eigenvalue weighted by atomic mass is 16.5. The zero-order valence-electron chi connectivity index (χ0n) is 12.3. The summed E-state index contributed by atoms with van der Waals surface area (Å²) in [4.78, 5) is 14.4. The van der Waals surface area contributed by atoms with Crippen LogP contribution in [0.3, 0.4) is 0 Å². The Balaban J connectivity index is 2.49. The predicted molar refractivity (Wildman–Crippen MR) is 73.6 cm³/mol. The van der Waals surface area contributed by atoms with Crippen molar-refractivity contribution < 1.29 is 9.53 Å². The second-order valence-electron chi connectivity index (χ2n) is 5.60. The fraction of sp³-hybridized carbons (Fsp3) is 0.929. The lowest BCUT2D eigenvalue weighted by molar-refractivity contribution is -0.141. The summed E-state index contributed by atoms with van der Waals surface area (Å²) in [6.45, 7) is 9.27. The average molecular weight is 256 g/mol. The molecule has 0 radical (unpaired) electrons. The molecule has 1 saturated heterocycles. The molecule has 1 rings (SSSR count). The molecule has 1 amide bonds. The number of likely N-dealkylation sites (N-methyl/N-ethyl adjacent to an activating group) is 1. The lowest BCUT2D eigenvalue weighted by Gasteiger charge is -2.31. The largest absolute Gasteiger partial charge is 0.377 e. The normalized spacial score (nSPS) is 23.6. The van der Waals surface area contributed by atoms with Crippen LogP contribution in [0.4, 0.5) is 0 Å². The van der Waals surface area contributed by atoms with E-state index in [2.05, 4.69) is 12.2 Å². The first-order chi connectivity index (χ1) is 8.52.